The van der Waals surface area contributed by atoms with Crippen LogP contribution in [-0.4, -0.2) is 41.9 Å². The first kappa shape index (κ1) is 16.0. The predicted octanol–water partition coefficient (Wildman–Crippen LogP) is 2.17. The molecule has 0 aliphatic carbocycles. The van der Waals surface area contributed by atoms with Gasteiger partial charge in [-0.3, -0.25) is 4.90 Å². The molecule has 1 N–H and O–H groups in total. The van der Waals surface area contributed by atoms with Gasteiger partial charge in [0, 0.05) is 31.6 Å². The topological polar surface area (TPSA) is 32.7 Å². The molecule has 114 valence electrons. The Labute approximate surface area is 125 Å². The Bertz CT molecular complexity index is 545. The molecule has 0 radical (unpaired) electrons. The molecule has 0 saturated carbocycles. The molecule has 1 fully saturated rings. The highest BCUT2D eigenvalue weighted by Gasteiger charge is 2.27. The number of rotatable bonds is 3. The fourth-order valence-electron chi connectivity index (χ4n) is 2.51. The molecule has 0 unspecified atom stereocenters. The number of hydrogen-bond acceptors (Lipinski definition) is 3. The highest BCUT2D eigenvalue weighted by Crippen LogP contribution is 2.20. The zero-order valence-electron chi connectivity index (χ0n) is 12.7. The summed E-state index contributed by atoms with van der Waals surface area (Å²) in [7, 11) is 0. The second kappa shape index (κ2) is 7.04. The normalized spacial score (nSPS) is 18.1. The van der Waals surface area contributed by atoms with Crippen molar-refractivity contribution in [1.29, 1.82) is 0 Å². The smallest absolute Gasteiger partial charge is 0.124 e. The molecule has 0 aromatic heterocycles. The Hall–Kier alpha value is -1.41. The maximum absolute atomic E-state index is 13.4. The quantitative estimate of drug-likeness (QED) is 0.866. The lowest BCUT2D eigenvalue weighted by molar-refractivity contribution is -0.0882. The van der Waals surface area contributed by atoms with Crippen LogP contribution in [0.5, 0.6) is 0 Å². The van der Waals surface area contributed by atoms with Gasteiger partial charge in [-0.05, 0) is 31.5 Å². The van der Waals surface area contributed by atoms with E-state index < -0.39 is 0 Å². The fraction of sp³-hybridized carbons (Fsp3) is 0.529. The van der Waals surface area contributed by atoms with E-state index in [0.29, 0.717) is 18.6 Å². The first-order valence-corrected chi connectivity index (χ1v) is 7.25. The van der Waals surface area contributed by atoms with Crippen LogP contribution in [0, 0.1) is 17.7 Å². The van der Waals surface area contributed by atoms with E-state index in [0.717, 1.165) is 25.2 Å². The summed E-state index contributed by atoms with van der Waals surface area (Å²) in [6, 6.07) is 4.73. The maximum atomic E-state index is 13.4. The summed E-state index contributed by atoms with van der Waals surface area (Å²) in [6.45, 7) is 7.32. The summed E-state index contributed by atoms with van der Waals surface area (Å²) >= 11 is 0. The SMILES string of the molecule is CC1(C)CN(Cc2ccc(F)cc2C#CCCO)CCO1. The van der Waals surface area contributed by atoms with E-state index in [1.54, 1.807) is 6.07 Å². The van der Waals surface area contributed by atoms with Crippen molar-refractivity contribution in [3.05, 3.63) is 35.1 Å². The summed E-state index contributed by atoms with van der Waals surface area (Å²) in [5.41, 5.74) is 1.56. The first-order chi connectivity index (χ1) is 10.00. The van der Waals surface area contributed by atoms with Crippen molar-refractivity contribution in [3.63, 3.8) is 0 Å². The summed E-state index contributed by atoms with van der Waals surface area (Å²) < 4.78 is 19.1. The van der Waals surface area contributed by atoms with Crippen LogP contribution in [0.4, 0.5) is 4.39 Å². The Morgan fingerprint density at radius 2 is 2.24 bits per heavy atom. The Balaban J connectivity index is 2.14. The van der Waals surface area contributed by atoms with E-state index in [2.05, 4.69) is 30.6 Å². The van der Waals surface area contributed by atoms with Gasteiger partial charge in [0.05, 0.1) is 18.8 Å². The number of aliphatic hydroxyl groups excluding tert-OH is 1. The second-order valence-corrected chi connectivity index (χ2v) is 5.90. The Morgan fingerprint density at radius 3 is 2.95 bits per heavy atom. The molecule has 3 nitrogen and oxygen atoms in total. The van der Waals surface area contributed by atoms with Crippen LogP contribution in [0.2, 0.25) is 0 Å². The fourth-order valence-corrected chi connectivity index (χ4v) is 2.51. The van der Waals surface area contributed by atoms with Crippen LogP contribution < -0.4 is 0 Å². The highest BCUT2D eigenvalue weighted by molar-refractivity contribution is 5.41. The third kappa shape index (κ3) is 4.82. The minimum Gasteiger partial charge on any atom is -0.395 e. The third-order valence-corrected chi connectivity index (χ3v) is 3.43. The van der Waals surface area contributed by atoms with Gasteiger partial charge in [0.25, 0.3) is 0 Å². The van der Waals surface area contributed by atoms with E-state index in [9.17, 15) is 4.39 Å². The Kier molecular flexibility index (Phi) is 5.35. The average Bonchev–Trinajstić information content (AvgIpc) is 2.41. The van der Waals surface area contributed by atoms with Gasteiger partial charge in [-0.15, -0.1) is 0 Å². The standard InChI is InChI=1S/C17H22FNO2/c1-17(2)13-19(8-10-21-17)12-15-6-7-16(18)11-14(15)5-3-4-9-20/h6-7,11,20H,4,8-10,12-13H2,1-2H3. The Morgan fingerprint density at radius 1 is 1.43 bits per heavy atom. The lowest BCUT2D eigenvalue weighted by Gasteiger charge is -2.38. The average molecular weight is 291 g/mol. The number of ether oxygens (including phenoxy) is 1. The van der Waals surface area contributed by atoms with E-state index >= 15 is 0 Å². The van der Waals surface area contributed by atoms with Crippen LogP contribution in [0.1, 0.15) is 31.4 Å². The van der Waals surface area contributed by atoms with Crippen LogP contribution in [0.3, 0.4) is 0 Å². The minimum absolute atomic E-state index is 0.0231. The number of benzene rings is 1. The van der Waals surface area contributed by atoms with Gasteiger partial charge in [0.2, 0.25) is 0 Å². The summed E-state index contributed by atoms with van der Waals surface area (Å²) in [4.78, 5) is 2.30. The number of hydrogen-bond donors (Lipinski definition) is 1. The molecule has 1 aromatic carbocycles. The summed E-state index contributed by atoms with van der Waals surface area (Å²) in [5.74, 6) is 5.54. The molecule has 2 rings (SSSR count). The van der Waals surface area contributed by atoms with Crippen molar-refractivity contribution in [2.75, 3.05) is 26.3 Å². The molecule has 0 amide bonds. The van der Waals surface area contributed by atoms with Gasteiger partial charge >= 0.3 is 0 Å². The van der Waals surface area contributed by atoms with Gasteiger partial charge in [-0.1, -0.05) is 17.9 Å². The largest absolute Gasteiger partial charge is 0.395 e. The van der Waals surface area contributed by atoms with Crippen molar-refractivity contribution in [3.8, 4) is 11.8 Å². The lowest BCUT2D eigenvalue weighted by atomic mass is 10.0. The molecule has 0 bridgehead atoms. The molecular weight excluding hydrogens is 269 g/mol. The maximum Gasteiger partial charge on any atom is 0.124 e. The molecule has 1 aromatic rings. The summed E-state index contributed by atoms with van der Waals surface area (Å²) in [5, 5.41) is 8.79. The molecule has 1 saturated heterocycles. The van der Waals surface area contributed by atoms with Crippen molar-refractivity contribution in [2.45, 2.75) is 32.4 Å². The first-order valence-electron chi connectivity index (χ1n) is 7.25. The summed E-state index contributed by atoms with van der Waals surface area (Å²) in [6.07, 6.45) is 0.403. The molecule has 0 atom stereocenters. The van der Waals surface area contributed by atoms with Gasteiger partial charge in [-0.2, -0.15) is 0 Å². The van der Waals surface area contributed by atoms with E-state index in [4.69, 9.17) is 9.84 Å². The van der Waals surface area contributed by atoms with Gasteiger partial charge < -0.3 is 9.84 Å². The molecule has 1 aliphatic rings. The second-order valence-electron chi connectivity index (χ2n) is 5.90. The number of halogens is 1. The number of morpholine rings is 1. The van der Waals surface area contributed by atoms with Crippen LogP contribution >= 0.6 is 0 Å². The van der Waals surface area contributed by atoms with Crippen molar-refractivity contribution >= 4 is 0 Å². The lowest BCUT2D eigenvalue weighted by Crippen LogP contribution is -2.47. The van der Waals surface area contributed by atoms with Gasteiger partial charge in [0.1, 0.15) is 5.82 Å². The highest BCUT2D eigenvalue weighted by atomic mass is 19.1. The van der Waals surface area contributed by atoms with Crippen molar-refractivity contribution < 1.29 is 14.2 Å². The molecule has 1 heterocycles. The van der Waals surface area contributed by atoms with Crippen LogP contribution in [0.25, 0.3) is 0 Å². The molecule has 1 aliphatic heterocycles. The van der Waals surface area contributed by atoms with Crippen LogP contribution in [0.15, 0.2) is 18.2 Å². The van der Waals surface area contributed by atoms with Crippen LogP contribution in [-0.2, 0) is 11.3 Å². The number of nitrogens with zero attached hydrogens (tertiary/aromatic N) is 1. The molecular formula is C17H22FNO2. The number of aliphatic hydroxyl groups is 1. The minimum atomic E-state index is -0.283. The van der Waals surface area contributed by atoms with E-state index in [1.807, 2.05) is 0 Å². The van der Waals surface area contributed by atoms with E-state index in [-0.39, 0.29) is 18.0 Å². The predicted molar refractivity (Wildman–Crippen MR) is 80.3 cm³/mol. The zero-order chi connectivity index (χ0) is 15.3. The van der Waals surface area contributed by atoms with Crippen molar-refractivity contribution in [2.24, 2.45) is 0 Å². The monoisotopic (exact) mass is 291 g/mol. The molecule has 4 heteroatoms. The molecule has 21 heavy (non-hydrogen) atoms. The van der Waals surface area contributed by atoms with E-state index in [1.165, 1.54) is 12.1 Å². The van der Waals surface area contributed by atoms with Gasteiger partial charge in [0.15, 0.2) is 0 Å². The molecule has 0 spiro atoms. The van der Waals surface area contributed by atoms with Crippen molar-refractivity contribution in [1.82, 2.24) is 4.90 Å². The van der Waals surface area contributed by atoms with Gasteiger partial charge in [-0.25, -0.2) is 4.39 Å². The third-order valence-electron chi connectivity index (χ3n) is 3.43. The zero-order valence-corrected chi connectivity index (χ0v) is 12.7.